The fourth-order valence-corrected chi connectivity index (χ4v) is 2.45. The van der Waals surface area contributed by atoms with Gasteiger partial charge in [0.1, 0.15) is 12.1 Å². The lowest BCUT2D eigenvalue weighted by Crippen LogP contribution is -2.33. The molecule has 0 spiro atoms. The lowest BCUT2D eigenvalue weighted by Gasteiger charge is -2.32. The molecule has 1 atom stereocenters. The van der Waals surface area contributed by atoms with Crippen LogP contribution in [0.2, 0.25) is 0 Å². The van der Waals surface area contributed by atoms with Crippen LogP contribution < -0.4 is 0 Å². The normalized spacial score (nSPS) is 17.1. The quantitative estimate of drug-likeness (QED) is 0.828. The first-order valence-electron chi connectivity index (χ1n) is 6.93. The van der Waals surface area contributed by atoms with Crippen LogP contribution in [0, 0.1) is 34.0 Å². The van der Waals surface area contributed by atoms with Crippen LogP contribution in [0.3, 0.4) is 0 Å². The Hall–Kier alpha value is -3.01. The van der Waals surface area contributed by atoms with E-state index in [0.29, 0.717) is 13.2 Å². The van der Waals surface area contributed by atoms with Gasteiger partial charge >= 0.3 is 0 Å². The summed E-state index contributed by atoms with van der Waals surface area (Å²) in [7, 11) is 0. The summed E-state index contributed by atoms with van der Waals surface area (Å²) in [6, 6.07) is 15.7. The van der Waals surface area contributed by atoms with Gasteiger partial charge in [0, 0.05) is 6.54 Å². The summed E-state index contributed by atoms with van der Waals surface area (Å²) in [4.78, 5) is 7.34. The van der Waals surface area contributed by atoms with E-state index in [1.54, 1.807) is 4.90 Å². The molecule has 0 aliphatic carbocycles. The molecule has 6 heteroatoms. The molecule has 2 rings (SSSR count). The topological polar surface area (TPSA) is 87.1 Å². The van der Waals surface area contributed by atoms with Crippen LogP contribution in [0.25, 0.3) is 0 Å². The van der Waals surface area contributed by atoms with Gasteiger partial charge in [0.05, 0.1) is 19.1 Å². The average Bonchev–Trinajstić information content (AvgIpc) is 2.86. The predicted octanol–water partition coefficient (Wildman–Crippen LogP) is 2.43. The smallest absolute Gasteiger partial charge is 0.178 e. The van der Waals surface area contributed by atoms with Crippen LogP contribution in [-0.4, -0.2) is 23.1 Å². The van der Waals surface area contributed by atoms with Gasteiger partial charge in [-0.1, -0.05) is 30.3 Å². The number of allylic oxidation sites excluding steroid dienone is 2. The molecule has 0 N–H and O–H groups in total. The molecule has 0 aromatic heterocycles. The van der Waals surface area contributed by atoms with Crippen molar-refractivity contribution >= 4 is 0 Å². The Balaban J connectivity index is 2.50. The highest BCUT2D eigenvalue weighted by molar-refractivity contribution is 5.41. The van der Waals surface area contributed by atoms with Gasteiger partial charge in [-0.15, -0.1) is 0 Å². The number of benzene rings is 1. The summed E-state index contributed by atoms with van der Waals surface area (Å²) in [6.07, 6.45) is -0.161. The van der Waals surface area contributed by atoms with Gasteiger partial charge in [0.2, 0.25) is 0 Å². The Morgan fingerprint density at radius 1 is 1.09 bits per heavy atom. The maximum atomic E-state index is 9.42. The lowest BCUT2D eigenvalue weighted by atomic mass is 10.1. The van der Waals surface area contributed by atoms with Crippen molar-refractivity contribution in [2.24, 2.45) is 0 Å². The van der Waals surface area contributed by atoms with E-state index in [9.17, 15) is 10.5 Å². The minimum Gasteiger partial charge on any atom is -0.333 e. The van der Waals surface area contributed by atoms with Crippen molar-refractivity contribution < 1.29 is 4.84 Å². The molecule has 0 fully saturated rings. The largest absolute Gasteiger partial charge is 0.333 e. The van der Waals surface area contributed by atoms with E-state index in [-0.39, 0.29) is 17.8 Å². The predicted molar refractivity (Wildman–Crippen MR) is 77.8 cm³/mol. The standard InChI is InChI=1S/C16H15N5O/c1-2-22-21-15(12-19)14(11-18)20(10-6-9-17)16(21)13-7-4-3-5-8-13/h3-5,7-8,16H,2,6,10H2,1H3. The van der Waals surface area contributed by atoms with E-state index in [2.05, 4.69) is 12.1 Å². The second kappa shape index (κ2) is 7.13. The van der Waals surface area contributed by atoms with Gasteiger partial charge in [0.15, 0.2) is 17.6 Å². The van der Waals surface area contributed by atoms with E-state index in [0.717, 1.165) is 5.56 Å². The Labute approximate surface area is 129 Å². The van der Waals surface area contributed by atoms with E-state index in [1.165, 1.54) is 5.06 Å². The maximum absolute atomic E-state index is 9.42. The molecule has 6 nitrogen and oxygen atoms in total. The summed E-state index contributed by atoms with van der Waals surface area (Å²) < 4.78 is 0. The average molecular weight is 293 g/mol. The van der Waals surface area contributed by atoms with Crippen LogP contribution in [0.4, 0.5) is 0 Å². The molecule has 1 aliphatic heterocycles. The molecular weight excluding hydrogens is 278 g/mol. The maximum Gasteiger partial charge on any atom is 0.178 e. The van der Waals surface area contributed by atoms with Gasteiger partial charge in [0.25, 0.3) is 0 Å². The fraction of sp³-hybridized carbons (Fsp3) is 0.312. The van der Waals surface area contributed by atoms with Crippen LogP contribution in [-0.2, 0) is 4.84 Å². The Bertz CT molecular complexity index is 677. The zero-order valence-corrected chi connectivity index (χ0v) is 12.2. The van der Waals surface area contributed by atoms with Crippen LogP contribution in [0.5, 0.6) is 0 Å². The van der Waals surface area contributed by atoms with Crippen LogP contribution >= 0.6 is 0 Å². The Kier molecular flexibility index (Phi) is 4.98. The first-order valence-corrected chi connectivity index (χ1v) is 6.93. The van der Waals surface area contributed by atoms with Gasteiger partial charge in [-0.05, 0) is 12.5 Å². The number of nitrogens with zero attached hydrogens (tertiary/aromatic N) is 5. The van der Waals surface area contributed by atoms with E-state index < -0.39 is 6.17 Å². The molecule has 1 aromatic carbocycles. The number of hydrogen-bond donors (Lipinski definition) is 0. The first-order chi connectivity index (χ1) is 10.8. The first kappa shape index (κ1) is 15.4. The number of rotatable bonds is 5. The number of hydroxylamine groups is 2. The SMILES string of the molecule is CCON1C(C#N)=C(C#N)N(CCC#N)C1c1ccccc1. The number of nitriles is 3. The van der Waals surface area contributed by atoms with Crippen molar-refractivity contribution in [1.82, 2.24) is 9.96 Å². The van der Waals surface area contributed by atoms with Crippen molar-refractivity contribution in [2.75, 3.05) is 13.2 Å². The van der Waals surface area contributed by atoms with Gasteiger partial charge in [-0.2, -0.15) is 15.8 Å². The zero-order chi connectivity index (χ0) is 15.9. The molecule has 1 aromatic rings. The van der Waals surface area contributed by atoms with Crippen molar-refractivity contribution in [1.29, 1.82) is 15.8 Å². The van der Waals surface area contributed by atoms with Crippen molar-refractivity contribution in [3.05, 3.63) is 47.3 Å². The minimum atomic E-state index is -0.418. The highest BCUT2D eigenvalue weighted by atomic mass is 16.7. The van der Waals surface area contributed by atoms with E-state index in [4.69, 9.17) is 10.1 Å². The van der Waals surface area contributed by atoms with Gasteiger partial charge in [-0.3, -0.25) is 4.84 Å². The van der Waals surface area contributed by atoms with Crippen molar-refractivity contribution in [2.45, 2.75) is 19.5 Å². The Morgan fingerprint density at radius 2 is 1.77 bits per heavy atom. The van der Waals surface area contributed by atoms with Crippen molar-refractivity contribution in [3.8, 4) is 18.2 Å². The zero-order valence-electron chi connectivity index (χ0n) is 12.2. The van der Waals surface area contributed by atoms with E-state index >= 15 is 0 Å². The molecule has 0 amide bonds. The summed E-state index contributed by atoms with van der Waals surface area (Å²) in [5.74, 6) is 0. The van der Waals surface area contributed by atoms with Crippen LogP contribution in [0.15, 0.2) is 41.7 Å². The molecule has 0 bridgehead atoms. The fourth-order valence-electron chi connectivity index (χ4n) is 2.45. The minimum absolute atomic E-state index is 0.177. The molecule has 0 radical (unpaired) electrons. The van der Waals surface area contributed by atoms with Gasteiger partial charge < -0.3 is 4.90 Å². The van der Waals surface area contributed by atoms with E-state index in [1.807, 2.05) is 43.3 Å². The summed E-state index contributed by atoms with van der Waals surface area (Å²) >= 11 is 0. The van der Waals surface area contributed by atoms with Crippen LogP contribution in [0.1, 0.15) is 25.1 Å². The molecule has 22 heavy (non-hydrogen) atoms. The third kappa shape index (κ3) is 2.72. The molecule has 110 valence electrons. The van der Waals surface area contributed by atoms with Crippen molar-refractivity contribution in [3.63, 3.8) is 0 Å². The monoisotopic (exact) mass is 293 g/mol. The molecular formula is C16H15N5O. The molecule has 0 saturated heterocycles. The molecule has 1 aliphatic rings. The third-order valence-electron chi connectivity index (χ3n) is 3.29. The highest BCUT2D eigenvalue weighted by Gasteiger charge is 2.40. The second-order valence-corrected chi connectivity index (χ2v) is 4.55. The Morgan fingerprint density at radius 3 is 2.32 bits per heavy atom. The summed E-state index contributed by atoms with van der Waals surface area (Å²) in [5.41, 5.74) is 1.31. The second-order valence-electron chi connectivity index (χ2n) is 4.55. The number of hydrogen-bond acceptors (Lipinski definition) is 6. The summed E-state index contributed by atoms with van der Waals surface area (Å²) in [6.45, 7) is 2.55. The summed E-state index contributed by atoms with van der Waals surface area (Å²) in [5, 5.41) is 29.1. The third-order valence-corrected chi connectivity index (χ3v) is 3.29. The highest BCUT2D eigenvalue weighted by Crippen LogP contribution is 2.39. The molecule has 1 heterocycles. The van der Waals surface area contributed by atoms with Gasteiger partial charge in [-0.25, -0.2) is 5.06 Å². The molecule has 0 saturated carbocycles. The molecule has 1 unspecified atom stereocenters. The lowest BCUT2D eigenvalue weighted by molar-refractivity contribution is -0.168.